The van der Waals surface area contributed by atoms with Crippen molar-refractivity contribution in [3.05, 3.63) is 41.9 Å². The van der Waals surface area contributed by atoms with Gasteiger partial charge < -0.3 is 18.9 Å². The van der Waals surface area contributed by atoms with Crippen LogP contribution in [-0.2, 0) is 20.7 Å². The number of likely N-dealkylation sites (tertiary alicyclic amines) is 1. The summed E-state index contributed by atoms with van der Waals surface area (Å²) >= 11 is 0. The van der Waals surface area contributed by atoms with Crippen molar-refractivity contribution >= 4 is 5.97 Å². The average molecular weight is 416 g/mol. The van der Waals surface area contributed by atoms with Crippen molar-refractivity contribution in [1.29, 1.82) is 0 Å². The molecule has 2 aliphatic rings. The molecule has 0 bridgehead atoms. The van der Waals surface area contributed by atoms with Crippen molar-refractivity contribution < 1.29 is 23.2 Å². The lowest BCUT2D eigenvalue weighted by molar-refractivity contribution is -0.159. The molecule has 4 rings (SSSR count). The molecule has 2 atom stereocenters. The second-order valence-corrected chi connectivity index (χ2v) is 8.43. The van der Waals surface area contributed by atoms with Crippen LogP contribution in [-0.4, -0.2) is 55.5 Å². The molecule has 0 N–H and O–H groups in total. The minimum Gasteiger partial charge on any atom is -0.466 e. The van der Waals surface area contributed by atoms with Crippen LogP contribution in [0, 0.1) is 17.2 Å². The quantitative estimate of drug-likeness (QED) is 0.641. The Morgan fingerprint density at radius 2 is 2.30 bits per heavy atom. The summed E-state index contributed by atoms with van der Waals surface area (Å²) in [6, 6.07) is 8.06. The van der Waals surface area contributed by atoms with Crippen LogP contribution in [0.5, 0.6) is 0 Å². The maximum absolute atomic E-state index is 13.6. The lowest BCUT2D eigenvalue weighted by Gasteiger charge is -2.41. The Kier molecular flexibility index (Phi) is 6.49. The maximum atomic E-state index is 13.6. The third kappa shape index (κ3) is 4.73. The number of carbonyl (C=O) groups excluding carboxylic acids is 1. The molecule has 2 aliphatic heterocycles. The van der Waals surface area contributed by atoms with Gasteiger partial charge in [-0.15, -0.1) is 0 Å². The maximum Gasteiger partial charge on any atom is 0.313 e. The first kappa shape index (κ1) is 21.0. The molecule has 0 amide bonds. The number of ether oxygens (including phenoxy) is 2. The highest BCUT2D eigenvalue weighted by atomic mass is 19.1. The first-order valence-corrected chi connectivity index (χ1v) is 10.8. The summed E-state index contributed by atoms with van der Waals surface area (Å²) in [4.78, 5) is 15.4. The Balaban J connectivity index is 1.53. The number of esters is 1. The standard InChI is InChI=1S/C23H29FN2O4/c1-2-29-22(27)23(8-4-9-26(16-23)14-17-7-10-28-15-17)13-20-12-21(25-30-20)18-5-3-6-19(24)11-18/h3,5-6,11-12,17H,2,4,7-10,13-16H2,1H3/t17-,23+/m1/s1. The van der Waals surface area contributed by atoms with Crippen molar-refractivity contribution in [3.63, 3.8) is 0 Å². The lowest BCUT2D eigenvalue weighted by atomic mass is 9.76. The predicted octanol–water partition coefficient (Wildman–Crippen LogP) is 3.71. The largest absolute Gasteiger partial charge is 0.466 e. The van der Waals surface area contributed by atoms with E-state index in [0.29, 0.717) is 42.5 Å². The van der Waals surface area contributed by atoms with Crippen molar-refractivity contribution in [3.8, 4) is 11.3 Å². The molecule has 0 saturated carbocycles. The third-order valence-corrected chi connectivity index (χ3v) is 6.10. The molecule has 2 fully saturated rings. The normalized spacial score (nSPS) is 24.8. The Bertz CT molecular complexity index is 864. The third-order valence-electron chi connectivity index (χ3n) is 6.10. The zero-order valence-corrected chi connectivity index (χ0v) is 17.4. The summed E-state index contributed by atoms with van der Waals surface area (Å²) in [5, 5.41) is 4.11. The first-order valence-electron chi connectivity index (χ1n) is 10.8. The van der Waals surface area contributed by atoms with Gasteiger partial charge in [-0.1, -0.05) is 17.3 Å². The summed E-state index contributed by atoms with van der Waals surface area (Å²) in [5.74, 6) is 0.640. The van der Waals surface area contributed by atoms with Crippen LogP contribution in [0.3, 0.4) is 0 Å². The second kappa shape index (κ2) is 9.27. The summed E-state index contributed by atoms with van der Waals surface area (Å²) in [5.41, 5.74) is 0.563. The highest BCUT2D eigenvalue weighted by Crippen LogP contribution is 2.37. The number of carbonyl (C=O) groups is 1. The topological polar surface area (TPSA) is 64.8 Å². The number of benzene rings is 1. The molecule has 1 aromatic heterocycles. The summed E-state index contributed by atoms with van der Waals surface area (Å²) < 4.78 is 30.1. The van der Waals surface area contributed by atoms with Gasteiger partial charge in [-0.3, -0.25) is 4.79 Å². The molecule has 2 aromatic rings. The number of hydrogen-bond donors (Lipinski definition) is 0. The van der Waals surface area contributed by atoms with E-state index in [0.717, 1.165) is 45.6 Å². The summed E-state index contributed by atoms with van der Waals surface area (Å²) in [6.07, 6.45) is 3.17. The highest BCUT2D eigenvalue weighted by molar-refractivity contribution is 5.77. The zero-order chi connectivity index (χ0) is 21.0. The molecule has 0 unspecified atom stereocenters. The monoisotopic (exact) mass is 416 g/mol. The Morgan fingerprint density at radius 1 is 1.40 bits per heavy atom. The highest BCUT2D eigenvalue weighted by Gasteiger charge is 2.45. The molecule has 6 nitrogen and oxygen atoms in total. The molecule has 30 heavy (non-hydrogen) atoms. The number of hydrogen-bond acceptors (Lipinski definition) is 6. The van der Waals surface area contributed by atoms with E-state index < -0.39 is 5.41 Å². The van der Waals surface area contributed by atoms with Crippen molar-refractivity contribution in [2.24, 2.45) is 11.3 Å². The first-order chi connectivity index (χ1) is 14.6. The Morgan fingerprint density at radius 3 is 3.07 bits per heavy atom. The van der Waals surface area contributed by atoms with Crippen LogP contribution < -0.4 is 0 Å². The fourth-order valence-electron chi connectivity index (χ4n) is 4.66. The molecule has 7 heteroatoms. The minimum atomic E-state index is -0.660. The van der Waals surface area contributed by atoms with Crippen molar-refractivity contribution in [2.75, 3.05) is 39.5 Å². The van der Waals surface area contributed by atoms with Crippen LogP contribution in [0.1, 0.15) is 31.9 Å². The van der Waals surface area contributed by atoms with Crippen LogP contribution in [0.25, 0.3) is 11.3 Å². The van der Waals surface area contributed by atoms with E-state index in [2.05, 4.69) is 10.1 Å². The molecule has 1 aromatic carbocycles. The predicted molar refractivity (Wildman–Crippen MR) is 109 cm³/mol. The molecule has 0 radical (unpaired) electrons. The van der Waals surface area contributed by atoms with E-state index in [1.807, 2.05) is 6.92 Å². The number of aromatic nitrogens is 1. The Labute approximate surface area is 176 Å². The molecular weight excluding hydrogens is 387 g/mol. The van der Waals surface area contributed by atoms with Crippen LogP contribution >= 0.6 is 0 Å². The fourth-order valence-corrected chi connectivity index (χ4v) is 4.66. The van der Waals surface area contributed by atoms with E-state index in [1.165, 1.54) is 12.1 Å². The molecule has 162 valence electrons. The average Bonchev–Trinajstić information content (AvgIpc) is 3.41. The van der Waals surface area contributed by atoms with Crippen LogP contribution in [0.4, 0.5) is 4.39 Å². The van der Waals surface area contributed by atoms with E-state index in [1.54, 1.807) is 18.2 Å². The molecule has 2 saturated heterocycles. The van der Waals surface area contributed by atoms with Gasteiger partial charge in [-0.05, 0) is 50.8 Å². The molecular formula is C23H29FN2O4. The Hall–Kier alpha value is -2.25. The van der Waals surface area contributed by atoms with E-state index >= 15 is 0 Å². The minimum absolute atomic E-state index is 0.180. The van der Waals surface area contributed by atoms with Crippen molar-refractivity contribution in [1.82, 2.24) is 10.1 Å². The van der Waals surface area contributed by atoms with Crippen molar-refractivity contribution in [2.45, 2.75) is 32.6 Å². The number of piperidine rings is 1. The fraction of sp³-hybridized carbons (Fsp3) is 0.565. The van der Waals surface area contributed by atoms with Gasteiger partial charge in [-0.2, -0.15) is 0 Å². The number of rotatable bonds is 7. The van der Waals surface area contributed by atoms with Gasteiger partial charge in [0.2, 0.25) is 0 Å². The zero-order valence-electron chi connectivity index (χ0n) is 17.4. The second-order valence-electron chi connectivity index (χ2n) is 8.43. The van der Waals surface area contributed by atoms with Gasteiger partial charge in [0, 0.05) is 37.7 Å². The van der Waals surface area contributed by atoms with Gasteiger partial charge in [-0.25, -0.2) is 4.39 Å². The smallest absolute Gasteiger partial charge is 0.313 e. The number of halogens is 1. The molecule has 3 heterocycles. The van der Waals surface area contributed by atoms with E-state index in [-0.39, 0.29) is 11.8 Å². The van der Waals surface area contributed by atoms with E-state index in [4.69, 9.17) is 14.0 Å². The molecule has 0 spiro atoms. The number of nitrogens with zero attached hydrogens (tertiary/aromatic N) is 2. The van der Waals surface area contributed by atoms with Gasteiger partial charge in [0.15, 0.2) is 0 Å². The van der Waals surface area contributed by atoms with Gasteiger partial charge in [0.05, 0.1) is 18.6 Å². The molecule has 0 aliphatic carbocycles. The summed E-state index contributed by atoms with van der Waals surface area (Å²) in [7, 11) is 0. The SMILES string of the molecule is CCOC(=O)[C@]1(Cc2cc(-c3cccc(F)c3)no2)CCCN(C[C@H]2CCOC2)C1. The van der Waals surface area contributed by atoms with Crippen LogP contribution in [0.2, 0.25) is 0 Å². The lowest BCUT2D eigenvalue weighted by Crippen LogP contribution is -2.50. The van der Waals surface area contributed by atoms with Gasteiger partial charge in [0.1, 0.15) is 17.3 Å². The van der Waals surface area contributed by atoms with Crippen LogP contribution in [0.15, 0.2) is 34.9 Å². The van der Waals surface area contributed by atoms with Gasteiger partial charge >= 0.3 is 5.97 Å². The van der Waals surface area contributed by atoms with Gasteiger partial charge in [0.25, 0.3) is 0 Å². The van der Waals surface area contributed by atoms with E-state index in [9.17, 15) is 9.18 Å². The summed E-state index contributed by atoms with van der Waals surface area (Å²) in [6.45, 7) is 6.35.